The van der Waals surface area contributed by atoms with Gasteiger partial charge in [0.2, 0.25) is 15.0 Å². The molecule has 178 valence electrons. The average Bonchev–Trinajstić information content (AvgIpc) is 3.31. The highest BCUT2D eigenvalue weighted by Gasteiger charge is 2.12. The number of aromatic nitrogens is 8. The molecule has 4 aromatic rings. The van der Waals surface area contributed by atoms with Crippen LogP contribution in [0.2, 0.25) is 20.6 Å². The summed E-state index contributed by atoms with van der Waals surface area (Å²) in [6.07, 6.45) is 4.46. The van der Waals surface area contributed by atoms with Crippen molar-refractivity contribution < 1.29 is 8.42 Å². The fourth-order valence-electron chi connectivity index (χ4n) is 1.87. The molecule has 0 saturated carbocycles. The fourth-order valence-corrected chi connectivity index (χ4v) is 3.33. The largest absolute Gasteiger partial charge is 0.283 e. The zero-order valence-corrected chi connectivity index (χ0v) is 20.7. The Morgan fingerprint density at radius 1 is 0.879 bits per heavy atom. The third kappa shape index (κ3) is 10.0. The first kappa shape index (κ1) is 28.7. The normalized spacial score (nSPS) is 10.3. The lowest BCUT2D eigenvalue weighted by molar-refractivity contribution is 0.593. The number of halogens is 4. The zero-order chi connectivity index (χ0) is 23.9. The van der Waals surface area contributed by atoms with Gasteiger partial charge >= 0.3 is 0 Å². The molecule has 0 bridgehead atoms. The highest BCUT2D eigenvalue weighted by atomic mass is 35.5. The van der Waals surface area contributed by atoms with Crippen LogP contribution in [0.15, 0.2) is 41.8 Å². The van der Waals surface area contributed by atoms with Gasteiger partial charge in [-0.2, -0.15) is 20.2 Å². The number of rotatable bonds is 2. The third-order valence-electron chi connectivity index (χ3n) is 3.19. The summed E-state index contributed by atoms with van der Waals surface area (Å²) in [5.41, 5.74) is 1.99. The van der Waals surface area contributed by atoms with Gasteiger partial charge in [-0.1, -0.05) is 53.8 Å². The van der Waals surface area contributed by atoms with Crippen LogP contribution in [0.3, 0.4) is 0 Å². The second kappa shape index (κ2) is 12.8. The predicted octanol–water partition coefficient (Wildman–Crippen LogP) is 4.82. The smallest absolute Gasteiger partial charge is 0.253 e. The topological polar surface area (TPSA) is 132 Å². The van der Waals surface area contributed by atoms with Crippen LogP contribution in [0.5, 0.6) is 0 Å². The van der Waals surface area contributed by atoms with Crippen LogP contribution in [-0.4, -0.2) is 54.6 Å². The van der Waals surface area contributed by atoms with E-state index >= 15 is 0 Å². The van der Waals surface area contributed by atoms with E-state index in [9.17, 15) is 8.42 Å². The van der Waals surface area contributed by atoms with E-state index in [4.69, 9.17) is 46.4 Å². The summed E-state index contributed by atoms with van der Waals surface area (Å²) in [5.74, 6) is 0.371. The molecular weight excluding hydrogens is 534 g/mol. The molecule has 0 aromatic carbocycles. The van der Waals surface area contributed by atoms with E-state index in [1.807, 2.05) is 26.0 Å². The molecule has 0 radical (unpaired) electrons. The number of hydrogen-bond donors (Lipinski definition) is 1. The van der Waals surface area contributed by atoms with Crippen LogP contribution in [0.1, 0.15) is 18.8 Å². The van der Waals surface area contributed by atoms with Crippen molar-refractivity contribution in [1.82, 2.24) is 39.9 Å². The van der Waals surface area contributed by atoms with E-state index in [0.717, 1.165) is 17.6 Å². The lowest BCUT2D eigenvalue weighted by Crippen LogP contribution is -2.03. The van der Waals surface area contributed by atoms with Gasteiger partial charge < -0.3 is 0 Å². The fraction of sp³-hybridized carbons (Fsp3) is 0.222. The Labute approximate surface area is 211 Å². The standard InChI is InChI=1S/C8H6Cl2N4.C5H4Cl2N2O2S.C4H6N2.CH4/c1-5-2-3-14(13-5)8-11-6(9)4-7(10)12-8;1-12(10,11)5-8-3(6)2-4(7)9-5;1-4-2-3-5-6-4;/h2-4H,1H3;2H,1H3;2-3H,1H3,(H,5,6);1H4. The van der Waals surface area contributed by atoms with Gasteiger partial charge in [-0.3, -0.25) is 5.10 Å². The van der Waals surface area contributed by atoms with E-state index in [1.165, 1.54) is 16.8 Å². The Morgan fingerprint density at radius 2 is 1.39 bits per heavy atom. The summed E-state index contributed by atoms with van der Waals surface area (Å²) in [6.45, 7) is 3.84. The number of aryl methyl sites for hydroxylation is 2. The first-order valence-corrected chi connectivity index (χ1v) is 11.9. The van der Waals surface area contributed by atoms with Gasteiger partial charge in [-0.05, 0) is 26.0 Å². The molecule has 0 fully saturated rings. The summed E-state index contributed by atoms with van der Waals surface area (Å²) in [7, 11) is -3.44. The first-order chi connectivity index (χ1) is 14.9. The van der Waals surface area contributed by atoms with Gasteiger partial charge in [0.25, 0.3) is 5.95 Å². The second-order valence-electron chi connectivity index (χ2n) is 6.02. The van der Waals surface area contributed by atoms with E-state index in [-0.39, 0.29) is 22.9 Å². The molecule has 15 heteroatoms. The number of nitrogens with one attached hydrogen (secondary N) is 1. The minimum Gasteiger partial charge on any atom is -0.283 e. The van der Waals surface area contributed by atoms with Crippen LogP contribution in [0, 0.1) is 13.8 Å². The maximum Gasteiger partial charge on any atom is 0.253 e. The minimum atomic E-state index is -3.44. The molecule has 0 saturated heterocycles. The molecular formula is C18H20Cl4N8O2S. The number of aromatic amines is 1. The molecule has 4 rings (SSSR count). The maximum atomic E-state index is 10.9. The molecule has 4 heterocycles. The van der Waals surface area contributed by atoms with Gasteiger partial charge in [-0.25, -0.2) is 23.1 Å². The summed E-state index contributed by atoms with van der Waals surface area (Å²) < 4.78 is 23.3. The van der Waals surface area contributed by atoms with E-state index in [2.05, 4.69) is 35.2 Å². The quantitative estimate of drug-likeness (QED) is 0.276. The molecule has 0 aliphatic rings. The molecule has 33 heavy (non-hydrogen) atoms. The molecule has 10 nitrogen and oxygen atoms in total. The van der Waals surface area contributed by atoms with Crippen molar-refractivity contribution >= 4 is 56.2 Å². The van der Waals surface area contributed by atoms with Crippen LogP contribution < -0.4 is 0 Å². The SMILES string of the molecule is C.CS(=O)(=O)c1nc(Cl)cc(Cl)n1.Cc1ccn(-c2nc(Cl)cc(Cl)n2)n1.Cc1ccn[nH]1. The molecule has 4 aromatic heterocycles. The first-order valence-electron chi connectivity index (χ1n) is 8.53. The van der Waals surface area contributed by atoms with Crippen molar-refractivity contribution in [3.8, 4) is 5.95 Å². The predicted molar refractivity (Wildman–Crippen MR) is 129 cm³/mol. The van der Waals surface area contributed by atoms with Crippen molar-refractivity contribution in [3.63, 3.8) is 0 Å². The van der Waals surface area contributed by atoms with Gasteiger partial charge in [0, 0.05) is 36.5 Å². The van der Waals surface area contributed by atoms with Crippen LogP contribution in [0.25, 0.3) is 5.95 Å². The average molecular weight is 554 g/mol. The lowest BCUT2D eigenvalue weighted by atomic mass is 10.5. The Morgan fingerprint density at radius 3 is 1.73 bits per heavy atom. The Kier molecular flexibility index (Phi) is 11.1. The molecule has 0 unspecified atom stereocenters. The Bertz CT molecular complexity index is 1240. The van der Waals surface area contributed by atoms with Gasteiger partial charge in [-0.15, -0.1) is 0 Å². The molecule has 0 aliphatic carbocycles. The molecule has 0 amide bonds. The van der Waals surface area contributed by atoms with E-state index in [1.54, 1.807) is 12.4 Å². The highest BCUT2D eigenvalue weighted by molar-refractivity contribution is 7.90. The summed E-state index contributed by atoms with van der Waals surface area (Å²) >= 11 is 22.4. The van der Waals surface area contributed by atoms with Gasteiger partial charge in [0.1, 0.15) is 20.6 Å². The summed E-state index contributed by atoms with van der Waals surface area (Å²) in [4.78, 5) is 15.0. The number of sulfone groups is 1. The van der Waals surface area contributed by atoms with E-state index < -0.39 is 9.84 Å². The third-order valence-corrected chi connectivity index (χ3v) is 4.81. The molecule has 0 spiro atoms. The Hall–Kier alpha value is -2.31. The summed E-state index contributed by atoms with van der Waals surface area (Å²) in [6, 6.07) is 6.50. The van der Waals surface area contributed by atoms with Crippen LogP contribution in [-0.2, 0) is 9.84 Å². The Balaban J connectivity index is 0.000000261. The number of hydrogen-bond acceptors (Lipinski definition) is 8. The van der Waals surface area contributed by atoms with Crippen molar-refractivity contribution in [2.75, 3.05) is 6.26 Å². The van der Waals surface area contributed by atoms with Crippen molar-refractivity contribution in [3.05, 3.63) is 68.7 Å². The number of nitrogens with zero attached hydrogens (tertiary/aromatic N) is 7. The van der Waals surface area contributed by atoms with Gasteiger partial charge in [0.15, 0.2) is 0 Å². The van der Waals surface area contributed by atoms with Gasteiger partial charge in [0.05, 0.1) is 5.69 Å². The van der Waals surface area contributed by atoms with Crippen molar-refractivity contribution in [2.45, 2.75) is 26.4 Å². The molecule has 0 aliphatic heterocycles. The number of H-pyrrole nitrogens is 1. The van der Waals surface area contributed by atoms with E-state index in [0.29, 0.717) is 16.3 Å². The second-order valence-corrected chi connectivity index (χ2v) is 9.48. The van der Waals surface area contributed by atoms with Crippen molar-refractivity contribution in [1.29, 1.82) is 0 Å². The molecule has 0 atom stereocenters. The van der Waals surface area contributed by atoms with Crippen molar-refractivity contribution in [2.24, 2.45) is 0 Å². The highest BCUT2D eigenvalue weighted by Crippen LogP contribution is 2.14. The lowest BCUT2D eigenvalue weighted by Gasteiger charge is -1.99. The molecule has 1 N–H and O–H groups in total. The summed E-state index contributed by atoms with van der Waals surface area (Å²) in [5, 5.41) is 10.8. The van der Waals surface area contributed by atoms with Crippen LogP contribution in [0.4, 0.5) is 0 Å². The zero-order valence-electron chi connectivity index (χ0n) is 16.8. The van der Waals surface area contributed by atoms with Crippen LogP contribution >= 0.6 is 46.4 Å². The minimum absolute atomic E-state index is 0. The maximum absolute atomic E-state index is 10.9. The monoisotopic (exact) mass is 552 g/mol.